The quantitative estimate of drug-likeness (QED) is 0.565. The number of rotatable bonds is 6. The van der Waals surface area contributed by atoms with Crippen molar-refractivity contribution in [1.29, 1.82) is 0 Å². The average Bonchev–Trinajstić information content (AvgIpc) is 2.67. The van der Waals surface area contributed by atoms with Gasteiger partial charge in [-0.3, -0.25) is 4.79 Å². The Balaban J connectivity index is 1.81. The molecule has 0 radical (unpaired) electrons. The molecule has 5 heteroatoms. The zero-order valence-electron chi connectivity index (χ0n) is 16.9. The maximum atomic E-state index is 14.5. The van der Waals surface area contributed by atoms with Crippen LogP contribution in [0, 0.1) is 5.82 Å². The number of hydrogen-bond donors (Lipinski definition) is 0. The molecule has 0 spiro atoms. The predicted octanol–water partition coefficient (Wildman–Crippen LogP) is 3.54. The van der Waals surface area contributed by atoms with Gasteiger partial charge < -0.3 is 14.7 Å². The van der Waals surface area contributed by atoms with Crippen LogP contribution in [-0.2, 0) is 6.54 Å². The molecule has 0 amide bonds. The average molecular weight is 381 g/mol. The molecule has 0 unspecified atom stereocenters. The van der Waals surface area contributed by atoms with Crippen LogP contribution in [0.3, 0.4) is 0 Å². The lowest BCUT2D eigenvalue weighted by atomic mass is 10.0. The highest BCUT2D eigenvalue weighted by molar-refractivity contribution is 6.07. The summed E-state index contributed by atoms with van der Waals surface area (Å²) in [5.41, 5.74) is 3.02. The molecule has 28 heavy (non-hydrogen) atoms. The number of piperazine rings is 1. The summed E-state index contributed by atoms with van der Waals surface area (Å²) in [6.45, 7) is 4.35. The topological polar surface area (TPSA) is 26.8 Å². The summed E-state index contributed by atoms with van der Waals surface area (Å²) in [5.74, 6) is -0.421. The van der Waals surface area contributed by atoms with Crippen LogP contribution in [0.2, 0.25) is 0 Å². The molecule has 2 aromatic carbocycles. The van der Waals surface area contributed by atoms with E-state index in [0.717, 1.165) is 44.0 Å². The number of nitrogens with zero attached hydrogens (tertiary/aromatic N) is 3. The van der Waals surface area contributed by atoms with Crippen LogP contribution in [0.25, 0.3) is 6.08 Å². The first-order valence-corrected chi connectivity index (χ1v) is 9.62. The Bertz CT molecular complexity index is 855. The van der Waals surface area contributed by atoms with E-state index in [1.54, 1.807) is 18.2 Å². The molecular weight excluding hydrogens is 353 g/mol. The van der Waals surface area contributed by atoms with Gasteiger partial charge in [-0.15, -0.1) is 0 Å². The van der Waals surface area contributed by atoms with Crippen molar-refractivity contribution >= 4 is 17.5 Å². The Morgan fingerprint density at radius 2 is 1.82 bits per heavy atom. The van der Waals surface area contributed by atoms with E-state index >= 15 is 0 Å². The molecule has 0 N–H and O–H groups in total. The maximum Gasteiger partial charge on any atom is 0.185 e. The van der Waals surface area contributed by atoms with Crippen LogP contribution in [0.1, 0.15) is 21.5 Å². The van der Waals surface area contributed by atoms with Gasteiger partial charge in [0.25, 0.3) is 0 Å². The van der Waals surface area contributed by atoms with E-state index in [1.807, 2.05) is 38.4 Å². The third kappa shape index (κ3) is 5.06. The molecule has 1 heterocycles. The van der Waals surface area contributed by atoms with Crippen molar-refractivity contribution in [3.63, 3.8) is 0 Å². The van der Waals surface area contributed by atoms with E-state index in [-0.39, 0.29) is 11.6 Å². The Morgan fingerprint density at radius 1 is 1.11 bits per heavy atom. The molecule has 2 aromatic rings. The first-order chi connectivity index (χ1) is 13.4. The van der Waals surface area contributed by atoms with Crippen molar-refractivity contribution in [3.8, 4) is 0 Å². The smallest absolute Gasteiger partial charge is 0.185 e. The van der Waals surface area contributed by atoms with Gasteiger partial charge in [0, 0.05) is 49.5 Å². The van der Waals surface area contributed by atoms with E-state index in [2.05, 4.69) is 21.7 Å². The largest absolute Gasteiger partial charge is 0.368 e. The summed E-state index contributed by atoms with van der Waals surface area (Å²) in [7, 11) is 6.08. The van der Waals surface area contributed by atoms with Gasteiger partial charge in [-0.25, -0.2) is 4.39 Å². The van der Waals surface area contributed by atoms with Gasteiger partial charge in [0.2, 0.25) is 0 Å². The molecule has 0 bridgehead atoms. The molecule has 0 atom stereocenters. The lowest BCUT2D eigenvalue weighted by molar-refractivity contribution is 0.104. The molecule has 1 aliphatic heterocycles. The van der Waals surface area contributed by atoms with E-state index in [0.29, 0.717) is 11.1 Å². The van der Waals surface area contributed by atoms with Gasteiger partial charge in [0.1, 0.15) is 5.82 Å². The Hall–Kier alpha value is -2.50. The molecule has 0 saturated carbocycles. The van der Waals surface area contributed by atoms with Crippen LogP contribution in [0.15, 0.2) is 48.5 Å². The van der Waals surface area contributed by atoms with Gasteiger partial charge in [-0.2, -0.15) is 0 Å². The second-order valence-corrected chi connectivity index (χ2v) is 7.60. The van der Waals surface area contributed by atoms with Gasteiger partial charge in [0.15, 0.2) is 5.78 Å². The third-order valence-corrected chi connectivity index (χ3v) is 4.99. The minimum Gasteiger partial charge on any atom is -0.368 e. The number of anilines is 1. The number of carbonyl (C=O) groups is 1. The summed E-state index contributed by atoms with van der Waals surface area (Å²) >= 11 is 0. The summed E-state index contributed by atoms with van der Waals surface area (Å²) < 4.78 is 14.5. The van der Waals surface area contributed by atoms with Crippen LogP contribution >= 0.6 is 0 Å². The lowest BCUT2D eigenvalue weighted by Crippen LogP contribution is -2.44. The van der Waals surface area contributed by atoms with E-state index < -0.39 is 0 Å². The highest BCUT2D eigenvalue weighted by Crippen LogP contribution is 2.26. The molecule has 1 aliphatic rings. The zero-order chi connectivity index (χ0) is 20.1. The number of halogens is 1. The molecule has 4 nitrogen and oxygen atoms in total. The van der Waals surface area contributed by atoms with E-state index in [1.165, 1.54) is 12.1 Å². The summed E-state index contributed by atoms with van der Waals surface area (Å²) in [4.78, 5) is 19.2. The normalized spacial score (nSPS) is 15.5. The van der Waals surface area contributed by atoms with E-state index in [4.69, 9.17) is 0 Å². The van der Waals surface area contributed by atoms with Crippen LogP contribution in [-0.4, -0.2) is 62.9 Å². The lowest BCUT2D eigenvalue weighted by Gasteiger charge is -2.35. The Labute approximate surface area is 166 Å². The second-order valence-electron chi connectivity index (χ2n) is 7.60. The van der Waals surface area contributed by atoms with Crippen LogP contribution in [0.5, 0.6) is 0 Å². The van der Waals surface area contributed by atoms with Crippen molar-refractivity contribution in [2.45, 2.75) is 6.54 Å². The number of likely N-dealkylation sites (N-methyl/N-ethyl adjacent to an activating group) is 1. The molecule has 1 fully saturated rings. The number of benzene rings is 2. The maximum absolute atomic E-state index is 14.5. The van der Waals surface area contributed by atoms with Gasteiger partial charge in [-0.1, -0.05) is 24.3 Å². The number of hydrogen-bond acceptors (Lipinski definition) is 4. The predicted molar refractivity (Wildman–Crippen MR) is 113 cm³/mol. The number of allylic oxidation sites excluding steroid dienone is 1. The Morgan fingerprint density at radius 3 is 2.54 bits per heavy atom. The minimum absolute atomic E-state index is 0.117. The van der Waals surface area contributed by atoms with Crippen molar-refractivity contribution in [2.24, 2.45) is 0 Å². The van der Waals surface area contributed by atoms with Crippen molar-refractivity contribution < 1.29 is 9.18 Å². The van der Waals surface area contributed by atoms with Crippen molar-refractivity contribution in [1.82, 2.24) is 9.80 Å². The van der Waals surface area contributed by atoms with Crippen molar-refractivity contribution in [2.75, 3.05) is 52.2 Å². The third-order valence-electron chi connectivity index (χ3n) is 4.99. The standard InChI is InChI=1S/C23H28FN3O/c1-25(2)17-18-6-4-7-19(16-18)23(28)11-10-20-21(24)8-5-9-22(20)27-14-12-26(3)13-15-27/h4-11,16H,12-15,17H2,1-3H3/b11-10+. The van der Waals surface area contributed by atoms with Crippen LogP contribution < -0.4 is 4.90 Å². The monoisotopic (exact) mass is 381 g/mol. The molecule has 1 saturated heterocycles. The first-order valence-electron chi connectivity index (χ1n) is 9.62. The molecule has 0 aliphatic carbocycles. The summed E-state index contributed by atoms with van der Waals surface area (Å²) in [6, 6.07) is 12.7. The summed E-state index contributed by atoms with van der Waals surface area (Å²) in [5, 5.41) is 0. The molecule has 148 valence electrons. The van der Waals surface area contributed by atoms with Gasteiger partial charge in [0.05, 0.1) is 0 Å². The van der Waals surface area contributed by atoms with Crippen LogP contribution in [0.4, 0.5) is 10.1 Å². The zero-order valence-corrected chi connectivity index (χ0v) is 16.9. The Kier molecular flexibility index (Phi) is 6.60. The minimum atomic E-state index is -0.304. The number of ketones is 1. The number of carbonyl (C=O) groups excluding carboxylic acids is 1. The summed E-state index contributed by atoms with van der Waals surface area (Å²) in [6.07, 6.45) is 3.09. The first kappa shape index (κ1) is 20.2. The molecule has 0 aromatic heterocycles. The fraction of sp³-hybridized carbons (Fsp3) is 0.348. The fourth-order valence-electron chi connectivity index (χ4n) is 3.46. The van der Waals surface area contributed by atoms with E-state index in [9.17, 15) is 9.18 Å². The van der Waals surface area contributed by atoms with Gasteiger partial charge >= 0.3 is 0 Å². The highest BCUT2D eigenvalue weighted by atomic mass is 19.1. The molecule has 3 rings (SSSR count). The SMILES string of the molecule is CN(C)Cc1cccc(C(=O)/C=C/c2c(F)cccc2N2CCN(C)CC2)c1. The highest BCUT2D eigenvalue weighted by Gasteiger charge is 2.18. The second kappa shape index (κ2) is 9.13. The molecular formula is C23H28FN3O. The van der Waals surface area contributed by atoms with Crippen molar-refractivity contribution in [3.05, 3.63) is 71.0 Å². The van der Waals surface area contributed by atoms with Gasteiger partial charge in [-0.05, 0) is 57.1 Å². The fourth-order valence-corrected chi connectivity index (χ4v) is 3.46.